The van der Waals surface area contributed by atoms with E-state index in [9.17, 15) is 0 Å². The number of H-pyrrole nitrogens is 1. The molecule has 2 rings (SSSR count). The normalized spacial score (nSPS) is 21.6. The first-order chi connectivity index (χ1) is 8.31. The fraction of sp³-hybridized carbons (Fsp3) is 0.643. The molecule has 0 aliphatic carbocycles. The van der Waals surface area contributed by atoms with Gasteiger partial charge in [-0.3, -0.25) is 4.90 Å². The third-order valence-corrected chi connectivity index (χ3v) is 3.86. The van der Waals surface area contributed by atoms with Gasteiger partial charge in [-0.25, -0.2) is 0 Å². The van der Waals surface area contributed by atoms with Crippen LogP contribution in [0.3, 0.4) is 0 Å². The Bertz CT molecular complexity index is 379. The summed E-state index contributed by atoms with van der Waals surface area (Å²) in [4.78, 5) is 5.80. The maximum Gasteiger partial charge on any atom is 0.103 e. The van der Waals surface area contributed by atoms with Gasteiger partial charge in [0.05, 0.1) is 0 Å². The van der Waals surface area contributed by atoms with Gasteiger partial charge < -0.3 is 4.98 Å². The Balaban J connectivity index is 2.09. The SMILES string of the molecule is CCCCN1CCCC[C@@H]1c1ccc(=S)[nH]c1. The molecule has 0 unspecified atom stereocenters. The van der Waals surface area contributed by atoms with Gasteiger partial charge in [0.2, 0.25) is 0 Å². The van der Waals surface area contributed by atoms with Gasteiger partial charge in [0.25, 0.3) is 0 Å². The fourth-order valence-electron chi connectivity index (χ4n) is 2.63. The average Bonchev–Trinajstić information content (AvgIpc) is 2.38. The van der Waals surface area contributed by atoms with Gasteiger partial charge >= 0.3 is 0 Å². The number of aromatic nitrogens is 1. The Kier molecular flexibility index (Phi) is 4.75. The van der Waals surface area contributed by atoms with E-state index in [-0.39, 0.29) is 0 Å². The zero-order valence-corrected chi connectivity index (χ0v) is 11.4. The highest BCUT2D eigenvalue weighted by Crippen LogP contribution is 2.30. The topological polar surface area (TPSA) is 19.0 Å². The summed E-state index contributed by atoms with van der Waals surface area (Å²) in [6.45, 7) is 4.75. The summed E-state index contributed by atoms with van der Waals surface area (Å²) in [5.74, 6) is 0. The van der Waals surface area contributed by atoms with Crippen molar-refractivity contribution in [3.05, 3.63) is 28.5 Å². The molecule has 0 saturated carbocycles. The van der Waals surface area contributed by atoms with Gasteiger partial charge in [-0.15, -0.1) is 0 Å². The lowest BCUT2D eigenvalue weighted by molar-refractivity contribution is 0.146. The Morgan fingerprint density at radius 1 is 1.41 bits per heavy atom. The first-order valence-corrected chi connectivity index (χ1v) is 7.15. The number of piperidine rings is 1. The van der Waals surface area contributed by atoms with Gasteiger partial charge in [0.1, 0.15) is 4.64 Å². The largest absolute Gasteiger partial charge is 0.353 e. The number of aromatic amines is 1. The molecule has 0 spiro atoms. The highest BCUT2D eigenvalue weighted by Gasteiger charge is 2.23. The molecular formula is C14H22N2S. The molecule has 0 bridgehead atoms. The molecule has 1 N–H and O–H groups in total. The highest BCUT2D eigenvalue weighted by atomic mass is 32.1. The predicted octanol–water partition coefficient (Wildman–Crippen LogP) is 4.07. The number of unbranched alkanes of at least 4 members (excludes halogenated alkanes) is 1. The van der Waals surface area contributed by atoms with Crippen LogP contribution in [0.5, 0.6) is 0 Å². The molecule has 17 heavy (non-hydrogen) atoms. The van der Waals surface area contributed by atoms with E-state index in [1.807, 2.05) is 6.07 Å². The molecule has 1 atom stereocenters. The number of likely N-dealkylation sites (tertiary alicyclic amines) is 1. The second kappa shape index (κ2) is 6.31. The monoisotopic (exact) mass is 250 g/mol. The zero-order chi connectivity index (χ0) is 12.1. The molecule has 0 radical (unpaired) electrons. The van der Waals surface area contributed by atoms with E-state index in [0.29, 0.717) is 6.04 Å². The second-order valence-electron chi connectivity index (χ2n) is 4.89. The maximum atomic E-state index is 5.10. The van der Waals surface area contributed by atoms with Gasteiger partial charge in [-0.1, -0.05) is 38.0 Å². The number of hydrogen-bond donors (Lipinski definition) is 1. The molecule has 1 aromatic heterocycles. The Morgan fingerprint density at radius 3 is 3.00 bits per heavy atom. The van der Waals surface area contributed by atoms with Crippen molar-refractivity contribution in [1.29, 1.82) is 0 Å². The lowest BCUT2D eigenvalue weighted by Crippen LogP contribution is -2.34. The Morgan fingerprint density at radius 2 is 2.29 bits per heavy atom. The van der Waals surface area contributed by atoms with Gasteiger partial charge in [0, 0.05) is 12.2 Å². The van der Waals surface area contributed by atoms with E-state index in [4.69, 9.17) is 12.2 Å². The number of pyridine rings is 1. The van der Waals surface area contributed by atoms with Crippen LogP contribution in [0, 0.1) is 4.64 Å². The molecule has 1 aliphatic heterocycles. The van der Waals surface area contributed by atoms with Crippen molar-refractivity contribution in [2.45, 2.75) is 45.1 Å². The third-order valence-electron chi connectivity index (χ3n) is 3.61. The van der Waals surface area contributed by atoms with Gasteiger partial charge in [-0.05, 0) is 44.0 Å². The van der Waals surface area contributed by atoms with Crippen molar-refractivity contribution in [1.82, 2.24) is 9.88 Å². The molecule has 2 heterocycles. The van der Waals surface area contributed by atoms with Crippen LogP contribution in [0.2, 0.25) is 0 Å². The highest BCUT2D eigenvalue weighted by molar-refractivity contribution is 7.71. The average molecular weight is 250 g/mol. The summed E-state index contributed by atoms with van der Waals surface area (Å²) in [5, 5.41) is 0. The summed E-state index contributed by atoms with van der Waals surface area (Å²) in [6.07, 6.45) is 8.66. The molecule has 1 aromatic rings. The van der Waals surface area contributed by atoms with Crippen molar-refractivity contribution in [3.63, 3.8) is 0 Å². The Labute approximate surface area is 109 Å². The van der Waals surface area contributed by atoms with Crippen LogP contribution >= 0.6 is 12.2 Å². The third kappa shape index (κ3) is 3.39. The van der Waals surface area contributed by atoms with E-state index in [2.05, 4.69) is 29.1 Å². The molecule has 2 nitrogen and oxygen atoms in total. The second-order valence-corrected chi connectivity index (χ2v) is 5.33. The Hall–Kier alpha value is -0.670. The summed E-state index contributed by atoms with van der Waals surface area (Å²) in [7, 11) is 0. The van der Waals surface area contributed by atoms with Crippen LogP contribution in [0.25, 0.3) is 0 Å². The van der Waals surface area contributed by atoms with Crippen LogP contribution < -0.4 is 0 Å². The number of nitrogens with zero attached hydrogens (tertiary/aromatic N) is 1. The van der Waals surface area contributed by atoms with Crippen molar-refractivity contribution in [2.75, 3.05) is 13.1 Å². The van der Waals surface area contributed by atoms with E-state index in [0.717, 1.165) is 4.64 Å². The first kappa shape index (κ1) is 12.8. The lowest BCUT2D eigenvalue weighted by atomic mass is 9.96. The van der Waals surface area contributed by atoms with Crippen molar-refractivity contribution in [2.24, 2.45) is 0 Å². The van der Waals surface area contributed by atoms with Crippen molar-refractivity contribution < 1.29 is 0 Å². The molecular weight excluding hydrogens is 228 g/mol. The van der Waals surface area contributed by atoms with Crippen LogP contribution in [-0.2, 0) is 0 Å². The summed E-state index contributed by atoms with van der Waals surface area (Å²) in [5.41, 5.74) is 1.40. The summed E-state index contributed by atoms with van der Waals surface area (Å²) in [6, 6.07) is 4.80. The van der Waals surface area contributed by atoms with E-state index in [1.54, 1.807) is 0 Å². The smallest absolute Gasteiger partial charge is 0.103 e. The molecule has 1 fully saturated rings. The molecule has 1 saturated heterocycles. The van der Waals surface area contributed by atoms with E-state index >= 15 is 0 Å². The minimum absolute atomic E-state index is 0.599. The van der Waals surface area contributed by atoms with Crippen molar-refractivity contribution >= 4 is 12.2 Å². The first-order valence-electron chi connectivity index (χ1n) is 6.74. The van der Waals surface area contributed by atoms with Gasteiger partial charge in [0.15, 0.2) is 0 Å². The standard InChI is InChI=1S/C14H22N2S/c1-2-3-9-16-10-5-4-6-13(16)12-7-8-14(17)15-11-12/h7-8,11,13H,2-6,9-10H2,1H3,(H,15,17)/t13-/m1/s1. The number of hydrogen-bond acceptors (Lipinski definition) is 2. The minimum Gasteiger partial charge on any atom is -0.353 e. The van der Waals surface area contributed by atoms with Crippen LogP contribution in [0.4, 0.5) is 0 Å². The van der Waals surface area contributed by atoms with Crippen LogP contribution in [-0.4, -0.2) is 23.0 Å². The molecule has 94 valence electrons. The quantitative estimate of drug-likeness (QED) is 0.812. The molecule has 0 aromatic carbocycles. The fourth-order valence-corrected chi connectivity index (χ4v) is 2.75. The summed E-state index contributed by atoms with van der Waals surface area (Å²) >= 11 is 5.10. The van der Waals surface area contributed by atoms with Crippen LogP contribution in [0.1, 0.15) is 50.6 Å². The number of nitrogens with one attached hydrogen (secondary N) is 1. The number of rotatable bonds is 4. The summed E-state index contributed by atoms with van der Waals surface area (Å²) < 4.78 is 0.824. The van der Waals surface area contributed by atoms with Crippen LogP contribution in [0.15, 0.2) is 18.3 Å². The minimum atomic E-state index is 0.599. The van der Waals surface area contributed by atoms with Crippen molar-refractivity contribution in [3.8, 4) is 0 Å². The van der Waals surface area contributed by atoms with E-state index in [1.165, 1.54) is 50.8 Å². The zero-order valence-electron chi connectivity index (χ0n) is 10.6. The molecule has 0 amide bonds. The lowest BCUT2D eigenvalue weighted by Gasteiger charge is -2.36. The maximum absolute atomic E-state index is 5.10. The van der Waals surface area contributed by atoms with Gasteiger partial charge in [-0.2, -0.15) is 0 Å². The molecule has 1 aliphatic rings. The van der Waals surface area contributed by atoms with E-state index < -0.39 is 0 Å². The molecule has 3 heteroatoms. The predicted molar refractivity (Wildman–Crippen MR) is 74.7 cm³/mol.